The first-order chi connectivity index (χ1) is 15.2. The quantitative estimate of drug-likeness (QED) is 0.418. The standard InChI is InChI=1S/C24H24N4O3/c1-29-17-12-13-20(22(14-17)31-3)27-24-26-19-10-6-5-9-18(19)23(28-24)25-15-16-8-4-7-11-21(16)30-2/h4-14H,15H2,1-3H3,(H2,25,26,27,28). The van der Waals surface area contributed by atoms with Gasteiger partial charge in [0.1, 0.15) is 23.1 Å². The maximum atomic E-state index is 5.48. The minimum absolute atomic E-state index is 0.463. The first-order valence-electron chi connectivity index (χ1n) is 9.83. The zero-order valence-corrected chi connectivity index (χ0v) is 17.7. The van der Waals surface area contributed by atoms with Gasteiger partial charge in [-0.15, -0.1) is 0 Å². The summed E-state index contributed by atoms with van der Waals surface area (Å²) in [7, 11) is 4.90. The number of aromatic nitrogens is 2. The third-order valence-electron chi connectivity index (χ3n) is 4.90. The molecule has 0 radical (unpaired) electrons. The third kappa shape index (κ3) is 4.45. The lowest BCUT2D eigenvalue weighted by Gasteiger charge is -2.15. The van der Waals surface area contributed by atoms with Crippen molar-refractivity contribution >= 4 is 28.4 Å². The summed E-state index contributed by atoms with van der Waals surface area (Å²) in [6, 6.07) is 21.3. The van der Waals surface area contributed by atoms with Crippen molar-refractivity contribution in [2.75, 3.05) is 32.0 Å². The monoisotopic (exact) mass is 416 g/mol. The van der Waals surface area contributed by atoms with E-state index in [9.17, 15) is 0 Å². The fraction of sp³-hybridized carbons (Fsp3) is 0.167. The van der Waals surface area contributed by atoms with E-state index in [2.05, 4.69) is 15.6 Å². The molecule has 0 aliphatic rings. The van der Waals surface area contributed by atoms with Crippen molar-refractivity contribution in [3.63, 3.8) is 0 Å². The van der Waals surface area contributed by atoms with Gasteiger partial charge in [-0.2, -0.15) is 4.98 Å². The first kappa shape index (κ1) is 20.3. The van der Waals surface area contributed by atoms with Crippen LogP contribution in [0.15, 0.2) is 66.7 Å². The van der Waals surface area contributed by atoms with Gasteiger partial charge in [-0.3, -0.25) is 0 Å². The Morgan fingerprint density at radius 2 is 1.55 bits per heavy atom. The number of nitrogens with one attached hydrogen (secondary N) is 2. The molecular formula is C24H24N4O3. The molecule has 7 nitrogen and oxygen atoms in total. The molecule has 2 N–H and O–H groups in total. The minimum Gasteiger partial charge on any atom is -0.497 e. The molecule has 4 rings (SSSR count). The molecule has 1 aromatic heterocycles. The van der Waals surface area contributed by atoms with Crippen molar-refractivity contribution in [2.24, 2.45) is 0 Å². The predicted octanol–water partition coefficient (Wildman–Crippen LogP) is 5.01. The van der Waals surface area contributed by atoms with Crippen LogP contribution in [0.1, 0.15) is 5.56 Å². The highest BCUT2D eigenvalue weighted by atomic mass is 16.5. The van der Waals surface area contributed by atoms with Crippen molar-refractivity contribution in [3.05, 3.63) is 72.3 Å². The van der Waals surface area contributed by atoms with Gasteiger partial charge in [-0.1, -0.05) is 30.3 Å². The molecule has 0 bridgehead atoms. The van der Waals surface area contributed by atoms with Gasteiger partial charge in [0, 0.05) is 23.6 Å². The van der Waals surface area contributed by atoms with E-state index in [1.165, 1.54) is 0 Å². The van der Waals surface area contributed by atoms with Gasteiger partial charge in [0.25, 0.3) is 0 Å². The molecule has 3 aromatic carbocycles. The molecule has 0 saturated carbocycles. The van der Waals surface area contributed by atoms with E-state index in [1.807, 2.05) is 66.7 Å². The number of benzene rings is 3. The number of ether oxygens (including phenoxy) is 3. The molecule has 1 heterocycles. The van der Waals surface area contributed by atoms with Crippen LogP contribution in [0.2, 0.25) is 0 Å². The summed E-state index contributed by atoms with van der Waals surface area (Å²) in [4.78, 5) is 9.39. The van der Waals surface area contributed by atoms with Crippen molar-refractivity contribution in [1.82, 2.24) is 9.97 Å². The van der Waals surface area contributed by atoms with Gasteiger partial charge in [0.05, 0.1) is 32.5 Å². The topological polar surface area (TPSA) is 77.5 Å². The van der Waals surface area contributed by atoms with Gasteiger partial charge < -0.3 is 24.8 Å². The predicted molar refractivity (Wildman–Crippen MR) is 123 cm³/mol. The van der Waals surface area contributed by atoms with Crippen LogP contribution in [0.3, 0.4) is 0 Å². The lowest BCUT2D eigenvalue weighted by Crippen LogP contribution is -2.07. The second-order valence-corrected chi connectivity index (χ2v) is 6.77. The van der Waals surface area contributed by atoms with E-state index >= 15 is 0 Å². The molecule has 7 heteroatoms. The largest absolute Gasteiger partial charge is 0.497 e. The van der Waals surface area contributed by atoms with Gasteiger partial charge in [-0.05, 0) is 30.3 Å². The summed E-state index contributed by atoms with van der Waals surface area (Å²) >= 11 is 0. The fourth-order valence-corrected chi connectivity index (χ4v) is 3.32. The fourth-order valence-electron chi connectivity index (χ4n) is 3.32. The molecular weight excluding hydrogens is 392 g/mol. The van der Waals surface area contributed by atoms with Crippen LogP contribution in [0.25, 0.3) is 10.9 Å². The Kier molecular flexibility index (Phi) is 6.03. The van der Waals surface area contributed by atoms with Gasteiger partial charge >= 0.3 is 0 Å². The number of para-hydroxylation sites is 2. The molecule has 0 unspecified atom stereocenters. The summed E-state index contributed by atoms with van der Waals surface area (Å²) in [5.41, 5.74) is 2.61. The summed E-state index contributed by atoms with van der Waals surface area (Å²) in [5, 5.41) is 7.62. The van der Waals surface area contributed by atoms with Crippen LogP contribution in [0.5, 0.6) is 17.2 Å². The van der Waals surface area contributed by atoms with Gasteiger partial charge in [-0.25, -0.2) is 4.98 Å². The van der Waals surface area contributed by atoms with E-state index < -0.39 is 0 Å². The molecule has 4 aromatic rings. The normalized spacial score (nSPS) is 10.5. The molecule has 31 heavy (non-hydrogen) atoms. The van der Waals surface area contributed by atoms with Gasteiger partial charge in [0.15, 0.2) is 0 Å². The summed E-state index contributed by atoms with van der Waals surface area (Å²) in [5.74, 6) is 3.37. The number of hydrogen-bond donors (Lipinski definition) is 2. The molecule has 0 spiro atoms. The number of fused-ring (bicyclic) bond motifs is 1. The van der Waals surface area contributed by atoms with Gasteiger partial charge in [0.2, 0.25) is 5.95 Å². The Morgan fingerprint density at radius 3 is 2.35 bits per heavy atom. The van der Waals surface area contributed by atoms with Crippen LogP contribution in [-0.2, 0) is 6.54 Å². The summed E-state index contributed by atoms with van der Waals surface area (Å²) in [6.07, 6.45) is 0. The average molecular weight is 416 g/mol. The van der Waals surface area contributed by atoms with E-state index in [4.69, 9.17) is 19.2 Å². The maximum Gasteiger partial charge on any atom is 0.229 e. The first-order valence-corrected chi connectivity index (χ1v) is 9.83. The zero-order valence-electron chi connectivity index (χ0n) is 17.7. The van der Waals surface area contributed by atoms with Crippen LogP contribution < -0.4 is 24.8 Å². The molecule has 0 saturated heterocycles. The molecule has 0 fully saturated rings. The van der Waals surface area contributed by atoms with Crippen molar-refractivity contribution < 1.29 is 14.2 Å². The SMILES string of the molecule is COc1ccc(Nc2nc(NCc3ccccc3OC)c3ccccc3n2)c(OC)c1. The van der Waals surface area contributed by atoms with Crippen LogP contribution in [-0.4, -0.2) is 31.3 Å². The Morgan fingerprint density at radius 1 is 0.774 bits per heavy atom. The van der Waals surface area contributed by atoms with Crippen molar-refractivity contribution in [1.29, 1.82) is 0 Å². The zero-order chi connectivity index (χ0) is 21.6. The second-order valence-electron chi connectivity index (χ2n) is 6.77. The Labute approximate surface area is 181 Å². The lowest BCUT2D eigenvalue weighted by molar-refractivity contribution is 0.395. The number of hydrogen-bond acceptors (Lipinski definition) is 7. The third-order valence-corrected chi connectivity index (χ3v) is 4.90. The summed E-state index contributed by atoms with van der Waals surface area (Å²) < 4.78 is 16.2. The molecule has 0 amide bonds. The summed E-state index contributed by atoms with van der Waals surface area (Å²) in [6.45, 7) is 0.566. The molecule has 158 valence electrons. The minimum atomic E-state index is 0.463. The van der Waals surface area contributed by atoms with E-state index in [-0.39, 0.29) is 0 Å². The molecule has 0 aliphatic carbocycles. The lowest BCUT2D eigenvalue weighted by atomic mass is 10.2. The van der Waals surface area contributed by atoms with Crippen LogP contribution in [0, 0.1) is 0 Å². The van der Waals surface area contributed by atoms with Crippen LogP contribution in [0.4, 0.5) is 17.5 Å². The van der Waals surface area contributed by atoms with Crippen molar-refractivity contribution in [2.45, 2.75) is 6.54 Å². The highest BCUT2D eigenvalue weighted by molar-refractivity contribution is 5.90. The van der Waals surface area contributed by atoms with Crippen LogP contribution >= 0.6 is 0 Å². The number of anilines is 3. The average Bonchev–Trinajstić information content (AvgIpc) is 2.82. The molecule has 0 atom stereocenters. The Balaban J connectivity index is 1.67. The highest BCUT2D eigenvalue weighted by Crippen LogP contribution is 2.32. The molecule has 0 aliphatic heterocycles. The maximum absolute atomic E-state index is 5.48. The van der Waals surface area contributed by atoms with E-state index in [1.54, 1.807) is 21.3 Å². The van der Waals surface area contributed by atoms with E-state index in [0.717, 1.165) is 33.7 Å². The Hall–Kier alpha value is -4.00. The second kappa shape index (κ2) is 9.21. The highest BCUT2D eigenvalue weighted by Gasteiger charge is 2.11. The smallest absolute Gasteiger partial charge is 0.229 e. The number of methoxy groups -OCH3 is 3. The van der Waals surface area contributed by atoms with Crippen molar-refractivity contribution in [3.8, 4) is 17.2 Å². The number of rotatable bonds is 8. The van der Waals surface area contributed by atoms with E-state index in [0.29, 0.717) is 24.0 Å². The Bertz CT molecular complexity index is 1200. The number of nitrogens with zero attached hydrogens (tertiary/aromatic N) is 2.